The van der Waals surface area contributed by atoms with E-state index in [-0.39, 0.29) is 36.7 Å². The maximum atomic E-state index is 12.8. The van der Waals surface area contributed by atoms with Crippen molar-refractivity contribution in [3.05, 3.63) is 23.3 Å². The summed E-state index contributed by atoms with van der Waals surface area (Å²) in [5.74, 6) is 1.43. The highest BCUT2D eigenvalue weighted by molar-refractivity contribution is 5.85. The van der Waals surface area contributed by atoms with E-state index in [1.807, 2.05) is 24.8 Å². The van der Waals surface area contributed by atoms with Crippen molar-refractivity contribution >= 4 is 30.0 Å². The van der Waals surface area contributed by atoms with Gasteiger partial charge in [0, 0.05) is 31.0 Å². The number of halogens is 1. The van der Waals surface area contributed by atoms with Gasteiger partial charge < -0.3 is 15.5 Å². The molecular formula is C20H30ClN7O2. The Balaban J connectivity index is 0.00000256. The quantitative estimate of drug-likeness (QED) is 0.720. The Kier molecular flexibility index (Phi) is 7.25. The van der Waals surface area contributed by atoms with Gasteiger partial charge in [0.1, 0.15) is 0 Å². The number of carbonyl (C=O) groups excluding carboxylic acids is 2. The molecule has 4 rings (SSSR count). The minimum atomic E-state index is -0.0573. The topological polar surface area (TPSA) is 105 Å². The van der Waals surface area contributed by atoms with E-state index in [0.29, 0.717) is 30.6 Å². The maximum Gasteiger partial charge on any atom is 0.252 e. The molecule has 2 N–H and O–H groups in total. The average Bonchev–Trinajstić information content (AvgIpc) is 3.36. The van der Waals surface area contributed by atoms with Gasteiger partial charge >= 0.3 is 0 Å². The first-order valence-corrected chi connectivity index (χ1v) is 10.5. The highest BCUT2D eigenvalue weighted by atomic mass is 35.5. The van der Waals surface area contributed by atoms with Gasteiger partial charge in [-0.25, -0.2) is 9.50 Å². The van der Waals surface area contributed by atoms with Gasteiger partial charge in [-0.3, -0.25) is 9.59 Å². The number of aromatic nitrogens is 4. The molecule has 4 heterocycles. The molecule has 0 aliphatic carbocycles. The molecule has 2 atom stereocenters. The molecular weight excluding hydrogens is 406 g/mol. The Labute approximate surface area is 182 Å². The van der Waals surface area contributed by atoms with Gasteiger partial charge in [-0.2, -0.15) is 4.98 Å². The third-order valence-corrected chi connectivity index (χ3v) is 5.78. The number of nitrogens with one attached hydrogen (secondary N) is 2. The highest BCUT2D eigenvalue weighted by Crippen LogP contribution is 2.17. The second kappa shape index (κ2) is 9.70. The summed E-state index contributed by atoms with van der Waals surface area (Å²) in [6.07, 6.45) is 4.10. The van der Waals surface area contributed by atoms with Crippen LogP contribution < -0.4 is 10.6 Å². The summed E-state index contributed by atoms with van der Waals surface area (Å²) in [6, 6.07) is 1.89. The maximum absolute atomic E-state index is 12.8. The molecule has 2 aliphatic rings. The number of piperidine rings is 1. The van der Waals surface area contributed by atoms with Crippen molar-refractivity contribution in [1.82, 2.24) is 35.1 Å². The van der Waals surface area contributed by atoms with Crippen LogP contribution in [-0.4, -0.2) is 68.5 Å². The number of aryl methyl sites for hydroxylation is 2. The molecule has 2 amide bonds. The van der Waals surface area contributed by atoms with E-state index in [1.54, 1.807) is 4.52 Å². The lowest BCUT2D eigenvalue weighted by molar-refractivity contribution is -0.132. The summed E-state index contributed by atoms with van der Waals surface area (Å²) >= 11 is 0. The fourth-order valence-corrected chi connectivity index (χ4v) is 4.26. The predicted molar refractivity (Wildman–Crippen MR) is 115 cm³/mol. The SMILES string of the molecule is Cc1cc(C)n2nc(CC(=O)N3CCCC(CNC(=O)C4CCCN4)C3)nc2n1.Cl. The first-order chi connectivity index (χ1) is 14.0. The predicted octanol–water partition coefficient (Wildman–Crippen LogP) is 0.812. The van der Waals surface area contributed by atoms with Gasteiger partial charge in [0.15, 0.2) is 5.82 Å². The minimum absolute atomic E-state index is 0. The normalized spacial score (nSPS) is 21.5. The Bertz CT molecular complexity index is 910. The van der Waals surface area contributed by atoms with E-state index >= 15 is 0 Å². The van der Waals surface area contributed by atoms with Crippen molar-refractivity contribution in [2.24, 2.45) is 5.92 Å². The number of amides is 2. The monoisotopic (exact) mass is 435 g/mol. The van der Waals surface area contributed by atoms with E-state index in [9.17, 15) is 9.59 Å². The first-order valence-electron chi connectivity index (χ1n) is 10.5. The zero-order chi connectivity index (χ0) is 20.4. The number of nitrogens with zero attached hydrogens (tertiary/aromatic N) is 5. The second-order valence-electron chi connectivity index (χ2n) is 8.20. The van der Waals surface area contributed by atoms with Crippen molar-refractivity contribution in [3.63, 3.8) is 0 Å². The summed E-state index contributed by atoms with van der Waals surface area (Å²) in [5.41, 5.74) is 1.83. The van der Waals surface area contributed by atoms with Crippen LogP contribution in [0.15, 0.2) is 6.07 Å². The lowest BCUT2D eigenvalue weighted by Crippen LogP contribution is -2.47. The van der Waals surface area contributed by atoms with Crippen LogP contribution in [0.1, 0.15) is 42.9 Å². The van der Waals surface area contributed by atoms with E-state index in [0.717, 1.165) is 50.2 Å². The zero-order valence-electron chi connectivity index (χ0n) is 17.6. The van der Waals surface area contributed by atoms with Gasteiger partial charge in [0.25, 0.3) is 5.78 Å². The van der Waals surface area contributed by atoms with Crippen LogP contribution in [0, 0.1) is 19.8 Å². The molecule has 30 heavy (non-hydrogen) atoms. The summed E-state index contributed by atoms with van der Waals surface area (Å²) in [4.78, 5) is 35.7. The number of fused-ring (bicyclic) bond motifs is 1. The smallest absolute Gasteiger partial charge is 0.252 e. The Hall–Kier alpha value is -2.26. The molecule has 0 spiro atoms. The molecule has 0 saturated carbocycles. The van der Waals surface area contributed by atoms with Crippen molar-refractivity contribution in [2.75, 3.05) is 26.2 Å². The van der Waals surface area contributed by atoms with Gasteiger partial charge in [0.2, 0.25) is 11.8 Å². The molecule has 2 aliphatic heterocycles. The molecule has 9 nitrogen and oxygen atoms in total. The average molecular weight is 436 g/mol. The molecule has 0 bridgehead atoms. The molecule has 2 fully saturated rings. The first kappa shape index (κ1) is 22.4. The van der Waals surface area contributed by atoms with Crippen LogP contribution in [0.2, 0.25) is 0 Å². The van der Waals surface area contributed by atoms with Gasteiger partial charge in [-0.1, -0.05) is 0 Å². The van der Waals surface area contributed by atoms with Crippen LogP contribution in [0.5, 0.6) is 0 Å². The van der Waals surface area contributed by atoms with Gasteiger partial charge in [-0.05, 0) is 58.1 Å². The molecule has 2 saturated heterocycles. The summed E-state index contributed by atoms with van der Waals surface area (Å²) in [5, 5.41) is 10.7. The number of hydrogen-bond acceptors (Lipinski definition) is 6. The third kappa shape index (κ3) is 5.07. The molecule has 2 aromatic heterocycles. The van der Waals surface area contributed by atoms with Crippen molar-refractivity contribution < 1.29 is 9.59 Å². The van der Waals surface area contributed by atoms with E-state index in [4.69, 9.17) is 0 Å². The molecule has 0 radical (unpaired) electrons. The van der Waals surface area contributed by atoms with Crippen molar-refractivity contribution in [2.45, 2.75) is 52.0 Å². The van der Waals surface area contributed by atoms with Crippen LogP contribution in [-0.2, 0) is 16.0 Å². The Morgan fingerprint density at radius 2 is 2.07 bits per heavy atom. The number of likely N-dealkylation sites (tertiary alicyclic amines) is 1. The van der Waals surface area contributed by atoms with Gasteiger partial charge in [0.05, 0.1) is 12.5 Å². The molecule has 0 aromatic carbocycles. The molecule has 2 aromatic rings. The summed E-state index contributed by atoms with van der Waals surface area (Å²) in [7, 11) is 0. The van der Waals surface area contributed by atoms with Crippen LogP contribution in [0.3, 0.4) is 0 Å². The lowest BCUT2D eigenvalue weighted by Gasteiger charge is -2.33. The standard InChI is InChI=1S/C20H29N7O2.ClH/c1-13-9-14(2)27-20(23-13)24-17(25-27)10-18(28)26-8-4-5-15(12-26)11-22-19(29)16-6-3-7-21-16;/h9,15-16,21H,3-8,10-12H2,1-2H3,(H,22,29);1H. The largest absolute Gasteiger partial charge is 0.354 e. The Morgan fingerprint density at radius 3 is 2.83 bits per heavy atom. The third-order valence-electron chi connectivity index (χ3n) is 5.78. The molecule has 10 heteroatoms. The fraction of sp³-hybridized carbons (Fsp3) is 0.650. The van der Waals surface area contributed by atoms with E-state index < -0.39 is 0 Å². The lowest BCUT2D eigenvalue weighted by atomic mass is 9.97. The zero-order valence-corrected chi connectivity index (χ0v) is 18.4. The Morgan fingerprint density at radius 1 is 1.23 bits per heavy atom. The minimum Gasteiger partial charge on any atom is -0.354 e. The second-order valence-corrected chi connectivity index (χ2v) is 8.20. The van der Waals surface area contributed by atoms with Crippen LogP contribution in [0.4, 0.5) is 0 Å². The number of rotatable bonds is 5. The van der Waals surface area contributed by atoms with Crippen molar-refractivity contribution in [3.8, 4) is 0 Å². The molecule has 2 unspecified atom stereocenters. The van der Waals surface area contributed by atoms with E-state index in [1.165, 1.54) is 0 Å². The number of hydrogen-bond donors (Lipinski definition) is 2. The molecule has 164 valence electrons. The van der Waals surface area contributed by atoms with Crippen LogP contribution >= 0.6 is 12.4 Å². The van der Waals surface area contributed by atoms with E-state index in [2.05, 4.69) is 25.7 Å². The van der Waals surface area contributed by atoms with Crippen molar-refractivity contribution in [1.29, 1.82) is 0 Å². The summed E-state index contributed by atoms with van der Waals surface area (Å²) < 4.78 is 1.68. The summed E-state index contributed by atoms with van der Waals surface area (Å²) in [6.45, 7) is 6.82. The highest BCUT2D eigenvalue weighted by Gasteiger charge is 2.27. The number of carbonyl (C=O) groups is 2. The van der Waals surface area contributed by atoms with Crippen LogP contribution in [0.25, 0.3) is 5.78 Å². The fourth-order valence-electron chi connectivity index (χ4n) is 4.26. The van der Waals surface area contributed by atoms with Gasteiger partial charge in [-0.15, -0.1) is 17.5 Å².